The Balaban J connectivity index is 1.37. The lowest BCUT2D eigenvalue weighted by molar-refractivity contribution is 0.0854. The molecule has 1 heterocycles. The van der Waals surface area contributed by atoms with E-state index in [-0.39, 0.29) is 23.6 Å². The number of ketones is 1. The topological polar surface area (TPSA) is 78.5 Å². The Labute approximate surface area is 171 Å². The average molecular weight is 393 g/mol. The molecular formula is C23H27N3O3. The van der Waals surface area contributed by atoms with Crippen molar-refractivity contribution in [3.05, 3.63) is 71.3 Å². The third-order valence-electron chi connectivity index (χ3n) is 5.21. The van der Waals surface area contributed by atoms with Gasteiger partial charge in [0.2, 0.25) is 0 Å². The fourth-order valence-electron chi connectivity index (χ4n) is 3.45. The molecule has 6 nitrogen and oxygen atoms in total. The molecule has 3 rings (SSSR count). The zero-order valence-electron chi connectivity index (χ0n) is 16.7. The van der Waals surface area contributed by atoms with E-state index < -0.39 is 0 Å². The summed E-state index contributed by atoms with van der Waals surface area (Å²) in [7, 11) is 0. The predicted octanol–water partition coefficient (Wildman–Crippen LogP) is 3.03. The number of nitrogens with one attached hydrogen (secondary N) is 2. The molecule has 0 aliphatic carbocycles. The number of carbonyl (C=O) groups is 3. The average Bonchev–Trinajstić information content (AvgIpc) is 2.77. The number of likely N-dealkylation sites (tertiary alicyclic amines) is 1. The van der Waals surface area contributed by atoms with Gasteiger partial charge in [-0.25, -0.2) is 4.79 Å². The number of nitrogens with zero attached hydrogens (tertiary/aromatic N) is 1. The Kier molecular flexibility index (Phi) is 7.00. The van der Waals surface area contributed by atoms with Gasteiger partial charge in [-0.3, -0.25) is 9.59 Å². The van der Waals surface area contributed by atoms with Gasteiger partial charge in [0.15, 0.2) is 5.78 Å². The van der Waals surface area contributed by atoms with Crippen LogP contribution < -0.4 is 10.6 Å². The molecule has 0 saturated carbocycles. The second kappa shape index (κ2) is 9.87. The summed E-state index contributed by atoms with van der Waals surface area (Å²) in [5, 5.41) is 5.61. The number of aryl methyl sites for hydroxylation is 1. The summed E-state index contributed by atoms with van der Waals surface area (Å²) in [6, 6.07) is 16.5. The van der Waals surface area contributed by atoms with Gasteiger partial charge < -0.3 is 15.5 Å². The van der Waals surface area contributed by atoms with E-state index in [0.717, 1.165) is 11.1 Å². The van der Waals surface area contributed by atoms with Crippen LogP contribution >= 0.6 is 0 Å². The van der Waals surface area contributed by atoms with Gasteiger partial charge in [0.05, 0.1) is 0 Å². The van der Waals surface area contributed by atoms with Gasteiger partial charge in [0.25, 0.3) is 5.91 Å². The molecule has 2 aromatic rings. The molecule has 2 N–H and O–H groups in total. The third kappa shape index (κ3) is 5.67. The van der Waals surface area contributed by atoms with E-state index in [4.69, 9.17) is 0 Å². The minimum atomic E-state index is -0.157. The molecule has 1 aliphatic rings. The van der Waals surface area contributed by atoms with Crippen LogP contribution in [0.25, 0.3) is 0 Å². The van der Waals surface area contributed by atoms with Crippen molar-refractivity contribution in [2.45, 2.75) is 19.8 Å². The van der Waals surface area contributed by atoms with Gasteiger partial charge in [0, 0.05) is 43.2 Å². The maximum Gasteiger partial charge on any atom is 0.317 e. The molecule has 29 heavy (non-hydrogen) atoms. The Morgan fingerprint density at radius 1 is 0.862 bits per heavy atom. The van der Waals surface area contributed by atoms with Crippen molar-refractivity contribution in [3.63, 3.8) is 0 Å². The van der Waals surface area contributed by atoms with Crippen molar-refractivity contribution in [1.82, 2.24) is 15.5 Å². The highest BCUT2D eigenvalue weighted by atomic mass is 16.2. The van der Waals surface area contributed by atoms with Gasteiger partial charge in [-0.15, -0.1) is 0 Å². The van der Waals surface area contributed by atoms with Crippen LogP contribution in [0.3, 0.4) is 0 Å². The normalized spacial score (nSPS) is 14.3. The van der Waals surface area contributed by atoms with E-state index in [9.17, 15) is 14.4 Å². The van der Waals surface area contributed by atoms with Gasteiger partial charge >= 0.3 is 6.03 Å². The van der Waals surface area contributed by atoms with E-state index in [1.807, 2.05) is 49.4 Å². The minimum absolute atomic E-state index is 0.0353. The highest BCUT2D eigenvalue weighted by Gasteiger charge is 2.27. The molecule has 152 valence electrons. The van der Waals surface area contributed by atoms with Crippen molar-refractivity contribution in [2.24, 2.45) is 5.92 Å². The van der Waals surface area contributed by atoms with Gasteiger partial charge in [-0.2, -0.15) is 0 Å². The summed E-state index contributed by atoms with van der Waals surface area (Å²) in [4.78, 5) is 38.6. The fourth-order valence-corrected chi connectivity index (χ4v) is 3.45. The molecule has 0 unspecified atom stereocenters. The van der Waals surface area contributed by atoms with Crippen LogP contribution in [0, 0.1) is 12.8 Å². The molecule has 0 spiro atoms. The molecule has 1 fully saturated rings. The minimum Gasteiger partial charge on any atom is -0.350 e. The summed E-state index contributed by atoms with van der Waals surface area (Å²) >= 11 is 0. The Morgan fingerprint density at radius 3 is 2.14 bits per heavy atom. The number of hydrogen-bond donors (Lipinski definition) is 2. The number of piperidine rings is 1. The zero-order chi connectivity index (χ0) is 20.6. The molecule has 6 heteroatoms. The van der Waals surface area contributed by atoms with Gasteiger partial charge in [-0.1, -0.05) is 48.0 Å². The van der Waals surface area contributed by atoms with Gasteiger partial charge in [0.1, 0.15) is 0 Å². The Hall–Kier alpha value is -3.15. The van der Waals surface area contributed by atoms with Crippen molar-refractivity contribution in [1.29, 1.82) is 0 Å². The number of urea groups is 1. The lowest BCUT2D eigenvalue weighted by Gasteiger charge is -2.31. The summed E-state index contributed by atoms with van der Waals surface area (Å²) < 4.78 is 0. The van der Waals surface area contributed by atoms with Gasteiger partial charge in [-0.05, 0) is 31.9 Å². The lowest BCUT2D eigenvalue weighted by atomic mass is 9.89. The summed E-state index contributed by atoms with van der Waals surface area (Å²) in [5.41, 5.74) is 2.47. The van der Waals surface area contributed by atoms with Crippen LogP contribution in [0.5, 0.6) is 0 Å². The second-order valence-corrected chi connectivity index (χ2v) is 7.35. The zero-order valence-corrected chi connectivity index (χ0v) is 16.7. The molecule has 0 atom stereocenters. The number of hydrogen-bond acceptors (Lipinski definition) is 3. The summed E-state index contributed by atoms with van der Waals surface area (Å²) in [6.07, 6.45) is 1.34. The highest BCUT2D eigenvalue weighted by Crippen LogP contribution is 2.22. The molecule has 0 bridgehead atoms. The van der Waals surface area contributed by atoms with E-state index >= 15 is 0 Å². The number of carbonyl (C=O) groups excluding carboxylic acids is 3. The van der Waals surface area contributed by atoms with Crippen LogP contribution in [0.1, 0.15) is 39.1 Å². The first-order valence-corrected chi connectivity index (χ1v) is 10.0. The van der Waals surface area contributed by atoms with E-state index in [1.165, 1.54) is 0 Å². The lowest BCUT2D eigenvalue weighted by Crippen LogP contribution is -2.47. The Bertz CT molecular complexity index is 841. The first kappa shape index (κ1) is 20.6. The third-order valence-corrected chi connectivity index (χ3v) is 5.21. The molecule has 0 radical (unpaired) electrons. The van der Waals surface area contributed by atoms with Crippen LogP contribution in [0.4, 0.5) is 4.79 Å². The van der Waals surface area contributed by atoms with E-state index in [2.05, 4.69) is 10.6 Å². The van der Waals surface area contributed by atoms with Crippen molar-refractivity contribution in [3.8, 4) is 0 Å². The van der Waals surface area contributed by atoms with Crippen LogP contribution in [0.15, 0.2) is 54.6 Å². The van der Waals surface area contributed by atoms with E-state index in [1.54, 1.807) is 17.0 Å². The molecular weight excluding hydrogens is 366 g/mol. The SMILES string of the molecule is Cc1ccc(C(=O)C2CCN(C(=O)NCCNC(=O)c3ccccc3)CC2)cc1. The standard InChI is InChI=1S/C23H27N3O3/c1-17-7-9-18(10-8-17)21(27)19-11-15-26(16-12-19)23(29)25-14-13-24-22(28)20-5-3-2-4-6-20/h2-10,19H,11-16H2,1H3,(H,24,28)(H,25,29). The van der Waals surface area contributed by atoms with Crippen LogP contribution in [0.2, 0.25) is 0 Å². The number of benzene rings is 2. The maximum atomic E-state index is 12.6. The smallest absolute Gasteiger partial charge is 0.317 e. The highest BCUT2D eigenvalue weighted by molar-refractivity contribution is 5.98. The van der Waals surface area contributed by atoms with Crippen molar-refractivity contribution >= 4 is 17.7 Å². The first-order chi connectivity index (χ1) is 14.0. The molecule has 0 aromatic heterocycles. The summed E-state index contributed by atoms with van der Waals surface area (Å²) in [5.74, 6) is -0.0316. The Morgan fingerprint density at radius 2 is 1.48 bits per heavy atom. The largest absolute Gasteiger partial charge is 0.350 e. The van der Waals surface area contributed by atoms with Crippen LogP contribution in [-0.2, 0) is 0 Å². The fraction of sp³-hybridized carbons (Fsp3) is 0.348. The van der Waals surface area contributed by atoms with Crippen molar-refractivity contribution in [2.75, 3.05) is 26.2 Å². The number of rotatable bonds is 6. The summed E-state index contributed by atoms with van der Waals surface area (Å²) in [6.45, 7) is 3.84. The first-order valence-electron chi connectivity index (χ1n) is 10.0. The molecule has 3 amide bonds. The molecule has 1 saturated heterocycles. The number of amides is 3. The predicted molar refractivity (Wildman–Crippen MR) is 112 cm³/mol. The van der Waals surface area contributed by atoms with E-state index in [0.29, 0.717) is 44.6 Å². The second-order valence-electron chi connectivity index (χ2n) is 7.35. The maximum absolute atomic E-state index is 12.6. The molecule has 1 aliphatic heterocycles. The van der Waals surface area contributed by atoms with Crippen molar-refractivity contribution < 1.29 is 14.4 Å². The monoisotopic (exact) mass is 393 g/mol. The molecule has 2 aromatic carbocycles. The quantitative estimate of drug-likeness (QED) is 0.585. The number of Topliss-reactive ketones (excluding diaryl/α,β-unsaturated/α-hetero) is 1. The van der Waals surface area contributed by atoms with Crippen LogP contribution in [-0.4, -0.2) is 48.8 Å².